The highest BCUT2D eigenvalue weighted by Gasteiger charge is 2.21. The van der Waals surface area contributed by atoms with Gasteiger partial charge in [-0.2, -0.15) is 0 Å². The van der Waals surface area contributed by atoms with E-state index in [-0.39, 0.29) is 18.6 Å². The van der Waals surface area contributed by atoms with Crippen LogP contribution in [0.1, 0.15) is 24.4 Å². The summed E-state index contributed by atoms with van der Waals surface area (Å²) in [5.74, 6) is 0.133. The van der Waals surface area contributed by atoms with Crippen molar-refractivity contribution in [1.82, 2.24) is 4.90 Å². The molecule has 0 saturated carbocycles. The summed E-state index contributed by atoms with van der Waals surface area (Å²) in [5.41, 5.74) is 0.702. The van der Waals surface area contributed by atoms with E-state index in [0.717, 1.165) is 5.39 Å². The monoisotopic (exact) mass is 247 g/mol. The summed E-state index contributed by atoms with van der Waals surface area (Å²) >= 11 is 0. The summed E-state index contributed by atoms with van der Waals surface area (Å²) in [4.78, 5) is 13.9. The number of nitrogens with zero attached hydrogens (tertiary/aromatic N) is 1. The van der Waals surface area contributed by atoms with E-state index in [2.05, 4.69) is 0 Å². The van der Waals surface area contributed by atoms with Gasteiger partial charge in [0.25, 0.3) is 5.91 Å². The van der Waals surface area contributed by atoms with E-state index in [4.69, 9.17) is 9.52 Å². The van der Waals surface area contributed by atoms with Crippen molar-refractivity contribution in [2.75, 3.05) is 13.2 Å². The molecule has 2 aromatic rings. The number of hydrogen-bond donors (Lipinski definition) is 1. The van der Waals surface area contributed by atoms with Crippen molar-refractivity contribution < 1.29 is 14.3 Å². The third-order valence-corrected chi connectivity index (χ3v) is 2.86. The van der Waals surface area contributed by atoms with Crippen molar-refractivity contribution >= 4 is 16.9 Å². The van der Waals surface area contributed by atoms with Crippen LogP contribution >= 0.6 is 0 Å². The molecule has 18 heavy (non-hydrogen) atoms. The van der Waals surface area contributed by atoms with Gasteiger partial charge >= 0.3 is 0 Å². The van der Waals surface area contributed by atoms with Gasteiger partial charge in [0, 0.05) is 18.0 Å². The van der Waals surface area contributed by atoms with E-state index in [9.17, 15) is 4.79 Å². The first-order valence-electron chi connectivity index (χ1n) is 6.04. The SMILES string of the molecule is CC(C)N(CCO)C(=O)c1cc2ccccc2o1. The molecule has 0 aliphatic rings. The van der Waals surface area contributed by atoms with Crippen LogP contribution in [0.5, 0.6) is 0 Å². The normalized spacial score (nSPS) is 11.1. The van der Waals surface area contributed by atoms with Gasteiger partial charge in [0.15, 0.2) is 5.76 Å². The molecule has 0 aliphatic heterocycles. The summed E-state index contributed by atoms with van der Waals surface area (Å²) in [5, 5.41) is 9.91. The van der Waals surface area contributed by atoms with E-state index in [1.54, 1.807) is 11.0 Å². The lowest BCUT2D eigenvalue weighted by molar-refractivity contribution is 0.0635. The number of aliphatic hydroxyl groups excluding tert-OH is 1. The largest absolute Gasteiger partial charge is 0.451 e. The zero-order chi connectivity index (χ0) is 13.1. The van der Waals surface area contributed by atoms with Gasteiger partial charge in [0.1, 0.15) is 5.58 Å². The van der Waals surface area contributed by atoms with E-state index in [1.807, 2.05) is 38.1 Å². The third-order valence-electron chi connectivity index (χ3n) is 2.86. The molecule has 1 aromatic heterocycles. The quantitative estimate of drug-likeness (QED) is 0.901. The highest BCUT2D eigenvalue weighted by molar-refractivity contribution is 5.96. The van der Waals surface area contributed by atoms with Crippen LogP contribution in [0.25, 0.3) is 11.0 Å². The number of hydrogen-bond acceptors (Lipinski definition) is 3. The smallest absolute Gasteiger partial charge is 0.289 e. The summed E-state index contributed by atoms with van der Waals surface area (Å²) in [6.45, 7) is 4.09. The standard InChI is InChI=1S/C14H17NO3/c1-10(2)15(7-8-16)14(17)13-9-11-5-3-4-6-12(11)18-13/h3-6,9-10,16H,7-8H2,1-2H3. The molecule has 1 amide bonds. The molecular formula is C14H17NO3. The molecular weight excluding hydrogens is 230 g/mol. The number of fused-ring (bicyclic) bond motifs is 1. The van der Waals surface area contributed by atoms with Crippen LogP contribution in [0.3, 0.4) is 0 Å². The minimum atomic E-state index is -0.185. The number of carbonyl (C=O) groups is 1. The highest BCUT2D eigenvalue weighted by Crippen LogP contribution is 2.20. The molecule has 0 atom stereocenters. The lowest BCUT2D eigenvalue weighted by Gasteiger charge is -2.24. The molecule has 0 spiro atoms. The zero-order valence-corrected chi connectivity index (χ0v) is 10.6. The lowest BCUT2D eigenvalue weighted by atomic mass is 10.2. The average Bonchev–Trinajstić information content (AvgIpc) is 2.78. The molecule has 1 heterocycles. The number of furan rings is 1. The summed E-state index contributed by atoms with van der Waals surface area (Å²) in [6.07, 6.45) is 0. The van der Waals surface area contributed by atoms with Crippen LogP contribution in [0.15, 0.2) is 34.7 Å². The Morgan fingerprint density at radius 2 is 2.11 bits per heavy atom. The minimum absolute atomic E-state index is 0.0258. The first-order chi connectivity index (χ1) is 8.63. The van der Waals surface area contributed by atoms with Crippen molar-refractivity contribution in [2.45, 2.75) is 19.9 Å². The molecule has 0 aliphatic carbocycles. The van der Waals surface area contributed by atoms with E-state index < -0.39 is 0 Å². The minimum Gasteiger partial charge on any atom is -0.451 e. The number of carbonyl (C=O) groups excluding carboxylic acids is 1. The number of rotatable bonds is 4. The Morgan fingerprint density at radius 1 is 1.39 bits per heavy atom. The Labute approximate surface area is 106 Å². The highest BCUT2D eigenvalue weighted by atomic mass is 16.3. The Morgan fingerprint density at radius 3 is 2.72 bits per heavy atom. The summed E-state index contributed by atoms with van der Waals surface area (Å²) < 4.78 is 5.53. The summed E-state index contributed by atoms with van der Waals surface area (Å²) in [7, 11) is 0. The molecule has 1 N–H and O–H groups in total. The molecule has 0 fully saturated rings. The van der Waals surface area contributed by atoms with Crippen molar-refractivity contribution in [1.29, 1.82) is 0 Å². The molecule has 0 bridgehead atoms. The molecule has 4 heteroatoms. The predicted octanol–water partition coefficient (Wildman–Crippen LogP) is 2.28. The number of amides is 1. The molecule has 1 aromatic carbocycles. The fraction of sp³-hybridized carbons (Fsp3) is 0.357. The van der Waals surface area contributed by atoms with Crippen LogP contribution < -0.4 is 0 Å². The molecule has 2 rings (SSSR count). The van der Waals surface area contributed by atoms with Gasteiger partial charge in [0.2, 0.25) is 0 Å². The van der Waals surface area contributed by atoms with E-state index >= 15 is 0 Å². The first kappa shape index (κ1) is 12.6. The Balaban J connectivity index is 2.31. The van der Waals surface area contributed by atoms with Crippen molar-refractivity contribution in [2.24, 2.45) is 0 Å². The second-order valence-electron chi connectivity index (χ2n) is 4.46. The van der Waals surface area contributed by atoms with E-state index in [1.165, 1.54) is 0 Å². The Bertz CT molecular complexity index is 512. The Hall–Kier alpha value is -1.81. The fourth-order valence-electron chi connectivity index (χ4n) is 1.93. The topological polar surface area (TPSA) is 53.7 Å². The van der Waals surface area contributed by atoms with Crippen molar-refractivity contribution in [3.05, 3.63) is 36.1 Å². The number of aliphatic hydroxyl groups is 1. The van der Waals surface area contributed by atoms with Gasteiger partial charge in [-0.15, -0.1) is 0 Å². The maximum atomic E-state index is 12.3. The zero-order valence-electron chi connectivity index (χ0n) is 10.6. The molecule has 0 radical (unpaired) electrons. The lowest BCUT2D eigenvalue weighted by Crippen LogP contribution is -2.38. The maximum Gasteiger partial charge on any atom is 0.289 e. The maximum absolute atomic E-state index is 12.3. The molecule has 0 saturated heterocycles. The van der Waals surface area contributed by atoms with Gasteiger partial charge < -0.3 is 14.4 Å². The third kappa shape index (κ3) is 2.38. The van der Waals surface area contributed by atoms with Gasteiger partial charge in [-0.25, -0.2) is 0 Å². The average molecular weight is 247 g/mol. The first-order valence-corrected chi connectivity index (χ1v) is 6.04. The van der Waals surface area contributed by atoms with Crippen LogP contribution in [-0.4, -0.2) is 35.1 Å². The van der Waals surface area contributed by atoms with Crippen LogP contribution in [0.2, 0.25) is 0 Å². The predicted molar refractivity (Wildman–Crippen MR) is 69.5 cm³/mol. The summed E-state index contributed by atoms with van der Waals surface area (Å²) in [6, 6.07) is 9.27. The number of para-hydroxylation sites is 1. The van der Waals surface area contributed by atoms with Crippen LogP contribution in [-0.2, 0) is 0 Å². The van der Waals surface area contributed by atoms with Gasteiger partial charge in [-0.05, 0) is 26.0 Å². The second kappa shape index (κ2) is 5.23. The Kier molecular flexibility index (Phi) is 3.67. The number of benzene rings is 1. The van der Waals surface area contributed by atoms with Crippen molar-refractivity contribution in [3.63, 3.8) is 0 Å². The second-order valence-corrected chi connectivity index (χ2v) is 4.46. The van der Waals surface area contributed by atoms with Crippen LogP contribution in [0, 0.1) is 0 Å². The van der Waals surface area contributed by atoms with Gasteiger partial charge in [-0.3, -0.25) is 4.79 Å². The van der Waals surface area contributed by atoms with E-state index in [0.29, 0.717) is 17.9 Å². The molecule has 4 nitrogen and oxygen atoms in total. The van der Waals surface area contributed by atoms with Crippen molar-refractivity contribution in [3.8, 4) is 0 Å². The van der Waals surface area contributed by atoms with Gasteiger partial charge in [0.05, 0.1) is 6.61 Å². The molecule has 96 valence electrons. The van der Waals surface area contributed by atoms with Gasteiger partial charge in [-0.1, -0.05) is 18.2 Å². The van der Waals surface area contributed by atoms with Crippen LogP contribution in [0.4, 0.5) is 0 Å². The fourth-order valence-corrected chi connectivity index (χ4v) is 1.93. The molecule has 0 unspecified atom stereocenters.